The molecular formula is C3H5O3. The minimum absolute atomic E-state index is 0.931. The van der Waals surface area contributed by atoms with Gasteiger partial charge in [-0.1, -0.05) is 0 Å². The fourth-order valence-corrected chi connectivity index (χ4v) is 0. The summed E-state index contributed by atoms with van der Waals surface area (Å²) < 4.78 is 0. The van der Waals surface area contributed by atoms with E-state index in [0.29, 0.717) is 0 Å². The van der Waals surface area contributed by atoms with Gasteiger partial charge in [0.05, 0.1) is 0 Å². The molecule has 1 radical (unpaired) electrons. The second-order valence-electron chi connectivity index (χ2n) is 1.12. The average Bonchev–Trinajstić information content (AvgIpc) is 1.35. The number of carbonyl (C=O) groups excluding carboxylic acids is 1. The molecule has 0 aliphatic rings. The van der Waals surface area contributed by atoms with Gasteiger partial charge in [0, 0.05) is 0 Å². The zero-order valence-electron chi connectivity index (χ0n) is 3.30. The SMILES string of the molecule is CC(O)(O)[C]=O. The van der Waals surface area contributed by atoms with E-state index in [1.54, 1.807) is 0 Å². The van der Waals surface area contributed by atoms with Crippen LogP contribution in [0.2, 0.25) is 0 Å². The Labute approximate surface area is 35.2 Å². The van der Waals surface area contributed by atoms with Gasteiger partial charge in [0.15, 0.2) is 0 Å². The molecule has 0 atom stereocenters. The quantitative estimate of drug-likeness (QED) is 0.396. The third kappa shape index (κ3) is 3.59. The number of hydrogen-bond acceptors (Lipinski definition) is 3. The van der Waals surface area contributed by atoms with Crippen molar-refractivity contribution < 1.29 is 15.0 Å². The van der Waals surface area contributed by atoms with Gasteiger partial charge in [0.1, 0.15) is 0 Å². The van der Waals surface area contributed by atoms with Gasteiger partial charge in [-0.05, 0) is 6.92 Å². The molecule has 0 saturated carbocycles. The van der Waals surface area contributed by atoms with Crippen LogP contribution in [0.3, 0.4) is 0 Å². The second-order valence-corrected chi connectivity index (χ2v) is 1.12. The third-order valence-corrected chi connectivity index (χ3v) is 0.193. The maximum absolute atomic E-state index is 9.20. The molecule has 0 aliphatic heterocycles. The topological polar surface area (TPSA) is 57.5 Å². The van der Waals surface area contributed by atoms with Gasteiger partial charge in [-0.3, -0.25) is 4.79 Å². The first-order valence-electron chi connectivity index (χ1n) is 1.40. The molecule has 2 N–H and O–H groups in total. The molecule has 0 unspecified atom stereocenters. The molecule has 0 spiro atoms. The van der Waals surface area contributed by atoms with E-state index in [0.717, 1.165) is 13.2 Å². The first-order valence-corrected chi connectivity index (χ1v) is 1.40. The lowest BCUT2D eigenvalue weighted by atomic mass is 10.4. The van der Waals surface area contributed by atoms with Crippen LogP contribution in [0, 0.1) is 0 Å². The zero-order valence-corrected chi connectivity index (χ0v) is 3.30. The molecule has 0 rings (SSSR count). The Hall–Kier alpha value is -0.410. The van der Waals surface area contributed by atoms with Gasteiger partial charge < -0.3 is 10.2 Å². The largest absolute Gasteiger partial charge is 0.360 e. The number of hydrogen-bond donors (Lipinski definition) is 2. The highest BCUT2D eigenvalue weighted by Gasteiger charge is 2.12. The van der Waals surface area contributed by atoms with Crippen LogP contribution in [0.25, 0.3) is 0 Å². The first kappa shape index (κ1) is 5.59. The van der Waals surface area contributed by atoms with Crippen molar-refractivity contribution >= 4 is 6.29 Å². The molecular weight excluding hydrogens is 84.0 g/mol. The van der Waals surface area contributed by atoms with Crippen molar-refractivity contribution in [3.8, 4) is 0 Å². The summed E-state index contributed by atoms with van der Waals surface area (Å²) >= 11 is 0. The third-order valence-electron chi connectivity index (χ3n) is 0.193. The smallest absolute Gasteiger partial charge is 0.262 e. The molecule has 0 fully saturated rings. The fourth-order valence-electron chi connectivity index (χ4n) is 0. The molecule has 3 nitrogen and oxygen atoms in total. The van der Waals surface area contributed by atoms with Crippen LogP contribution < -0.4 is 0 Å². The summed E-state index contributed by atoms with van der Waals surface area (Å²) in [6.07, 6.45) is 0.965. The van der Waals surface area contributed by atoms with Gasteiger partial charge in [-0.2, -0.15) is 0 Å². The van der Waals surface area contributed by atoms with Crippen molar-refractivity contribution in [1.29, 1.82) is 0 Å². The van der Waals surface area contributed by atoms with E-state index >= 15 is 0 Å². The van der Waals surface area contributed by atoms with E-state index in [1.807, 2.05) is 0 Å². The Morgan fingerprint density at radius 2 is 1.83 bits per heavy atom. The predicted octanol–water partition coefficient (Wildman–Crippen LogP) is -1.20. The standard InChI is InChI=1S/C3H5O3/c1-3(5,6)2-4/h5-6H,1H3. The van der Waals surface area contributed by atoms with Crippen LogP contribution in [0.4, 0.5) is 0 Å². The predicted molar refractivity (Wildman–Crippen MR) is 18.5 cm³/mol. The second kappa shape index (κ2) is 1.36. The lowest BCUT2D eigenvalue weighted by molar-refractivity contribution is -0.0827. The lowest BCUT2D eigenvalue weighted by Crippen LogP contribution is -2.23. The molecule has 6 heavy (non-hydrogen) atoms. The molecule has 0 aromatic heterocycles. The molecule has 3 heteroatoms. The Morgan fingerprint density at radius 3 is 1.83 bits per heavy atom. The van der Waals surface area contributed by atoms with Crippen LogP contribution in [-0.4, -0.2) is 22.3 Å². The molecule has 0 aromatic rings. The molecule has 0 aromatic carbocycles. The van der Waals surface area contributed by atoms with Crippen LogP contribution in [0.1, 0.15) is 6.92 Å². The van der Waals surface area contributed by atoms with Gasteiger partial charge in [-0.25, -0.2) is 0 Å². The minimum atomic E-state index is -2.26. The normalized spacial score (nSPS) is 11.2. The number of rotatable bonds is 1. The van der Waals surface area contributed by atoms with Crippen LogP contribution in [-0.2, 0) is 4.79 Å². The highest BCUT2D eigenvalue weighted by molar-refractivity contribution is 5.58. The average molecular weight is 89.1 g/mol. The maximum atomic E-state index is 9.20. The van der Waals surface area contributed by atoms with Crippen LogP contribution in [0.15, 0.2) is 0 Å². The fraction of sp³-hybridized carbons (Fsp3) is 0.667. The number of aliphatic hydroxyl groups is 2. The molecule has 35 valence electrons. The Balaban J connectivity index is 3.45. The highest BCUT2D eigenvalue weighted by atomic mass is 16.5. The van der Waals surface area contributed by atoms with Crippen LogP contribution in [0.5, 0.6) is 0 Å². The Bertz CT molecular complexity index is 51.5. The van der Waals surface area contributed by atoms with E-state index < -0.39 is 5.79 Å². The van der Waals surface area contributed by atoms with E-state index in [9.17, 15) is 4.79 Å². The van der Waals surface area contributed by atoms with Gasteiger partial charge in [-0.15, -0.1) is 0 Å². The highest BCUT2D eigenvalue weighted by Crippen LogP contribution is 1.85. The molecule has 0 bridgehead atoms. The van der Waals surface area contributed by atoms with Crippen LogP contribution >= 0.6 is 0 Å². The summed E-state index contributed by atoms with van der Waals surface area (Å²) in [6.45, 7) is 0.931. The van der Waals surface area contributed by atoms with Gasteiger partial charge in [0.25, 0.3) is 6.29 Å². The Morgan fingerprint density at radius 1 is 1.67 bits per heavy atom. The van der Waals surface area contributed by atoms with Crippen molar-refractivity contribution in [3.63, 3.8) is 0 Å². The molecule has 0 heterocycles. The summed E-state index contributed by atoms with van der Waals surface area (Å²) in [5, 5.41) is 15.9. The first-order chi connectivity index (χ1) is 2.56. The zero-order chi connectivity index (χ0) is 5.21. The van der Waals surface area contributed by atoms with Gasteiger partial charge in [0.2, 0.25) is 5.79 Å². The summed E-state index contributed by atoms with van der Waals surface area (Å²) in [5.74, 6) is -2.26. The molecule has 0 aliphatic carbocycles. The Kier molecular flexibility index (Phi) is 1.27. The summed E-state index contributed by atoms with van der Waals surface area (Å²) in [6, 6.07) is 0. The van der Waals surface area contributed by atoms with E-state index in [1.165, 1.54) is 0 Å². The van der Waals surface area contributed by atoms with E-state index in [4.69, 9.17) is 10.2 Å². The monoisotopic (exact) mass is 89.0 g/mol. The molecule has 0 saturated heterocycles. The van der Waals surface area contributed by atoms with E-state index in [2.05, 4.69) is 0 Å². The summed E-state index contributed by atoms with van der Waals surface area (Å²) in [7, 11) is 0. The minimum Gasteiger partial charge on any atom is -0.360 e. The van der Waals surface area contributed by atoms with E-state index in [-0.39, 0.29) is 0 Å². The summed E-state index contributed by atoms with van der Waals surface area (Å²) in [5.41, 5.74) is 0. The molecule has 0 amide bonds. The van der Waals surface area contributed by atoms with Crippen molar-refractivity contribution in [2.75, 3.05) is 0 Å². The van der Waals surface area contributed by atoms with Gasteiger partial charge >= 0.3 is 0 Å². The maximum Gasteiger partial charge on any atom is 0.262 e. The van der Waals surface area contributed by atoms with Crippen molar-refractivity contribution in [2.24, 2.45) is 0 Å². The summed E-state index contributed by atoms with van der Waals surface area (Å²) in [4.78, 5) is 9.20. The lowest BCUT2D eigenvalue weighted by Gasteiger charge is -2.00. The van der Waals surface area contributed by atoms with Crippen molar-refractivity contribution in [1.82, 2.24) is 0 Å². The van der Waals surface area contributed by atoms with Crippen molar-refractivity contribution in [2.45, 2.75) is 12.7 Å². The van der Waals surface area contributed by atoms with Crippen molar-refractivity contribution in [3.05, 3.63) is 0 Å².